The third-order valence-corrected chi connectivity index (χ3v) is 7.20. The maximum Gasteiger partial charge on any atom is 0.161 e. The highest BCUT2D eigenvalue weighted by Gasteiger charge is 2.44. The van der Waals surface area contributed by atoms with E-state index < -0.39 is 0 Å². The molecule has 2 unspecified atom stereocenters. The van der Waals surface area contributed by atoms with E-state index in [0.29, 0.717) is 24.3 Å². The van der Waals surface area contributed by atoms with Gasteiger partial charge in [-0.3, -0.25) is 10.00 Å². The first-order valence-corrected chi connectivity index (χ1v) is 12.5. The van der Waals surface area contributed by atoms with Gasteiger partial charge in [0.15, 0.2) is 5.82 Å². The van der Waals surface area contributed by atoms with Gasteiger partial charge in [0, 0.05) is 61.3 Å². The van der Waals surface area contributed by atoms with E-state index in [1.165, 1.54) is 12.0 Å². The van der Waals surface area contributed by atoms with E-state index in [9.17, 15) is 0 Å². The highest BCUT2D eigenvalue weighted by Crippen LogP contribution is 2.36. The number of methoxy groups -OCH3 is 1. The van der Waals surface area contributed by atoms with Crippen molar-refractivity contribution in [2.45, 2.75) is 45.3 Å². The van der Waals surface area contributed by atoms with E-state index in [1.54, 1.807) is 7.11 Å². The molecule has 1 N–H and O–H groups in total. The molecule has 6 heterocycles. The summed E-state index contributed by atoms with van der Waals surface area (Å²) >= 11 is 0. The molecule has 8 nitrogen and oxygen atoms in total. The molecule has 3 fully saturated rings. The first kappa shape index (κ1) is 22.7. The van der Waals surface area contributed by atoms with Gasteiger partial charge in [-0.05, 0) is 62.2 Å². The molecular weight excluding hydrogens is 450 g/mol. The van der Waals surface area contributed by atoms with E-state index in [-0.39, 0.29) is 0 Å². The highest BCUT2D eigenvalue weighted by atomic mass is 16.5. The number of nitrogens with one attached hydrogen (secondary N) is 1. The van der Waals surface area contributed by atoms with Crippen LogP contribution in [-0.2, 0) is 13.0 Å². The van der Waals surface area contributed by atoms with Crippen molar-refractivity contribution < 1.29 is 4.74 Å². The zero-order chi connectivity index (χ0) is 24.6. The maximum absolute atomic E-state index is 5.39. The normalized spacial score (nSPS) is 19.2. The predicted molar refractivity (Wildman–Crippen MR) is 139 cm³/mol. The van der Waals surface area contributed by atoms with Crippen molar-refractivity contribution in [2.24, 2.45) is 0 Å². The van der Waals surface area contributed by atoms with Crippen LogP contribution in [0.5, 0.6) is 5.75 Å². The van der Waals surface area contributed by atoms with E-state index in [0.717, 1.165) is 59.5 Å². The third kappa shape index (κ3) is 4.56. The van der Waals surface area contributed by atoms with Crippen molar-refractivity contribution in [3.63, 3.8) is 0 Å². The van der Waals surface area contributed by atoms with Gasteiger partial charge in [-0.2, -0.15) is 5.10 Å². The Labute approximate surface area is 211 Å². The minimum absolute atomic E-state index is 0.560. The quantitative estimate of drug-likeness (QED) is 0.428. The van der Waals surface area contributed by atoms with Crippen LogP contribution in [0.25, 0.3) is 11.4 Å². The van der Waals surface area contributed by atoms with Crippen LogP contribution in [0.4, 0.5) is 5.82 Å². The molecule has 3 aliphatic heterocycles. The number of piperazine rings is 1. The fraction of sp³-hybridized carbons (Fsp3) is 0.357. The lowest BCUT2D eigenvalue weighted by Gasteiger charge is -2.56. The van der Waals surface area contributed by atoms with Crippen LogP contribution in [0, 0.1) is 13.8 Å². The summed E-state index contributed by atoms with van der Waals surface area (Å²) < 4.78 is 5.39. The summed E-state index contributed by atoms with van der Waals surface area (Å²) in [5, 5.41) is 7.34. The van der Waals surface area contributed by atoms with Gasteiger partial charge < -0.3 is 9.64 Å². The molecule has 184 valence electrons. The number of nitrogens with zero attached hydrogens (tertiary/aromatic N) is 6. The number of H-pyrrole nitrogens is 1. The number of aryl methyl sites for hydroxylation is 2. The molecule has 0 saturated carbocycles. The second-order valence-corrected chi connectivity index (χ2v) is 9.92. The maximum atomic E-state index is 5.39. The Kier molecular flexibility index (Phi) is 5.89. The fourth-order valence-electron chi connectivity index (χ4n) is 5.42. The largest absolute Gasteiger partial charge is 0.497 e. The zero-order valence-corrected chi connectivity index (χ0v) is 21.0. The summed E-state index contributed by atoms with van der Waals surface area (Å²) in [4.78, 5) is 19.3. The standard InChI is InChI=1S/C28H31N7O/c1-18-9-22(12-23-10-19(2)32-33-23)31-28(30-18)21-7-8-27(29-14-21)34-16-24-13-25(17-34)35(24)15-20-5-4-6-26(11-20)36-3/h4-11,14,24-25H,12-13,15-17H2,1-3H3,(H,32,33). The van der Waals surface area contributed by atoms with Crippen LogP contribution in [0.2, 0.25) is 0 Å². The van der Waals surface area contributed by atoms with Gasteiger partial charge in [0.05, 0.1) is 18.5 Å². The Balaban J connectivity index is 1.12. The van der Waals surface area contributed by atoms with Crippen molar-refractivity contribution in [2.75, 3.05) is 25.1 Å². The number of benzene rings is 1. The molecule has 3 aromatic heterocycles. The van der Waals surface area contributed by atoms with Crippen LogP contribution < -0.4 is 9.64 Å². The lowest BCUT2D eigenvalue weighted by atomic mass is 9.86. The molecule has 2 atom stereocenters. The number of hydrogen-bond donors (Lipinski definition) is 1. The van der Waals surface area contributed by atoms with Crippen LogP contribution in [-0.4, -0.2) is 62.3 Å². The van der Waals surface area contributed by atoms with Crippen LogP contribution in [0.15, 0.2) is 54.7 Å². The van der Waals surface area contributed by atoms with Gasteiger partial charge in [-0.25, -0.2) is 15.0 Å². The Hall–Kier alpha value is -3.78. The number of pyridine rings is 1. The molecule has 4 aromatic rings. The molecule has 7 rings (SSSR count). The summed E-state index contributed by atoms with van der Waals surface area (Å²) in [5.41, 5.74) is 6.17. The molecule has 36 heavy (non-hydrogen) atoms. The molecular formula is C28H31N7O. The minimum Gasteiger partial charge on any atom is -0.497 e. The van der Waals surface area contributed by atoms with Gasteiger partial charge >= 0.3 is 0 Å². The summed E-state index contributed by atoms with van der Waals surface area (Å²) in [7, 11) is 1.72. The fourth-order valence-corrected chi connectivity index (χ4v) is 5.42. The van der Waals surface area contributed by atoms with Gasteiger partial charge in [-0.15, -0.1) is 0 Å². The molecule has 0 amide bonds. The van der Waals surface area contributed by atoms with Gasteiger partial charge in [-0.1, -0.05) is 12.1 Å². The van der Waals surface area contributed by atoms with Crippen molar-refractivity contribution >= 4 is 5.82 Å². The predicted octanol–water partition coefficient (Wildman–Crippen LogP) is 3.94. The monoisotopic (exact) mass is 481 g/mol. The first-order valence-electron chi connectivity index (χ1n) is 12.5. The Bertz CT molecular complexity index is 1350. The van der Waals surface area contributed by atoms with Crippen molar-refractivity contribution in [1.29, 1.82) is 0 Å². The molecule has 8 heteroatoms. The molecule has 1 aromatic carbocycles. The van der Waals surface area contributed by atoms with Crippen molar-refractivity contribution in [3.8, 4) is 17.1 Å². The minimum atomic E-state index is 0.560. The smallest absolute Gasteiger partial charge is 0.161 e. The highest BCUT2D eigenvalue weighted by molar-refractivity contribution is 5.57. The Morgan fingerprint density at radius 1 is 1.00 bits per heavy atom. The summed E-state index contributed by atoms with van der Waals surface area (Å²) in [6, 6.07) is 17.8. The van der Waals surface area contributed by atoms with Gasteiger partial charge in [0.25, 0.3) is 0 Å². The van der Waals surface area contributed by atoms with Gasteiger partial charge in [0.1, 0.15) is 11.6 Å². The summed E-state index contributed by atoms with van der Waals surface area (Å²) in [6.45, 7) is 6.98. The number of anilines is 1. The summed E-state index contributed by atoms with van der Waals surface area (Å²) in [6.07, 6.45) is 3.84. The summed E-state index contributed by atoms with van der Waals surface area (Å²) in [5.74, 6) is 2.65. The second-order valence-electron chi connectivity index (χ2n) is 9.92. The number of ether oxygens (including phenoxy) is 1. The van der Waals surface area contributed by atoms with E-state index in [2.05, 4.69) is 61.4 Å². The van der Waals surface area contributed by atoms with E-state index >= 15 is 0 Å². The van der Waals surface area contributed by atoms with Crippen molar-refractivity contribution in [3.05, 3.63) is 83.1 Å². The zero-order valence-electron chi connectivity index (χ0n) is 21.0. The van der Waals surface area contributed by atoms with E-state index in [1.807, 2.05) is 32.2 Å². The SMILES string of the molecule is COc1cccc(CN2C3CC2CN(c2ccc(-c4nc(C)cc(Cc5cc(C)[nH]n5)n4)cn2)C3)c1. The van der Waals surface area contributed by atoms with Crippen LogP contribution >= 0.6 is 0 Å². The second kappa shape index (κ2) is 9.35. The number of hydrogen-bond acceptors (Lipinski definition) is 7. The lowest BCUT2D eigenvalue weighted by Crippen LogP contribution is -2.68. The van der Waals surface area contributed by atoms with E-state index in [4.69, 9.17) is 14.7 Å². The lowest BCUT2D eigenvalue weighted by molar-refractivity contribution is -0.00871. The Morgan fingerprint density at radius 2 is 1.86 bits per heavy atom. The average Bonchev–Trinajstić information content (AvgIpc) is 3.31. The molecule has 3 saturated heterocycles. The number of fused-ring (bicyclic) bond motifs is 2. The molecule has 2 bridgehead atoms. The average molecular weight is 482 g/mol. The number of aromatic amines is 1. The topological polar surface area (TPSA) is 83.1 Å². The van der Waals surface area contributed by atoms with Crippen LogP contribution in [0.3, 0.4) is 0 Å². The Morgan fingerprint density at radius 3 is 2.58 bits per heavy atom. The van der Waals surface area contributed by atoms with Crippen molar-refractivity contribution in [1.82, 2.24) is 30.0 Å². The molecule has 0 spiro atoms. The number of rotatable bonds is 7. The number of aromatic nitrogens is 5. The van der Waals surface area contributed by atoms with Crippen LogP contribution in [0.1, 0.15) is 34.8 Å². The molecule has 0 aliphatic carbocycles. The number of piperidine rings is 1. The first-order chi connectivity index (χ1) is 17.5. The van der Waals surface area contributed by atoms with Gasteiger partial charge in [0.2, 0.25) is 0 Å². The molecule has 0 radical (unpaired) electrons. The third-order valence-electron chi connectivity index (χ3n) is 7.20. The molecule has 3 aliphatic rings.